The van der Waals surface area contributed by atoms with Gasteiger partial charge in [-0.3, -0.25) is 0 Å². The average molecular weight is 181 g/mol. The molecule has 0 aliphatic carbocycles. The molecule has 0 aliphatic heterocycles. The van der Waals surface area contributed by atoms with Gasteiger partial charge in [-0.1, -0.05) is 13.8 Å². The number of nitrogens with two attached hydrogens (primary N) is 1. The van der Waals surface area contributed by atoms with Crippen molar-refractivity contribution in [3.8, 4) is 0 Å². The van der Waals surface area contributed by atoms with Crippen LogP contribution in [0.4, 0.5) is 0 Å². The predicted octanol–water partition coefficient (Wildman–Crippen LogP) is 2.68. The Labute approximate surface area is 80.1 Å². The monoisotopic (exact) mass is 181 g/mol. The van der Waals surface area contributed by atoms with E-state index in [1.807, 2.05) is 19.1 Å². The summed E-state index contributed by atoms with van der Waals surface area (Å²) >= 11 is 0. The summed E-state index contributed by atoms with van der Waals surface area (Å²) in [4.78, 5) is 0. The molecule has 0 aliphatic rings. The van der Waals surface area contributed by atoms with Gasteiger partial charge < -0.3 is 10.2 Å². The molecule has 1 aromatic rings. The molecule has 1 unspecified atom stereocenters. The smallest absolute Gasteiger partial charge is 0.108 e. The molecule has 1 rings (SSSR count). The van der Waals surface area contributed by atoms with Crippen LogP contribution in [0.25, 0.3) is 0 Å². The molecule has 0 fully saturated rings. The van der Waals surface area contributed by atoms with E-state index < -0.39 is 0 Å². The lowest BCUT2D eigenvalue weighted by Crippen LogP contribution is -2.13. The van der Waals surface area contributed by atoms with Gasteiger partial charge in [-0.05, 0) is 31.4 Å². The van der Waals surface area contributed by atoms with Gasteiger partial charge in [0.2, 0.25) is 0 Å². The van der Waals surface area contributed by atoms with Crippen LogP contribution in [0.2, 0.25) is 0 Å². The zero-order valence-electron chi connectivity index (χ0n) is 8.71. The van der Waals surface area contributed by atoms with E-state index in [0.29, 0.717) is 18.4 Å². The van der Waals surface area contributed by atoms with Gasteiger partial charge in [0.25, 0.3) is 0 Å². The van der Waals surface area contributed by atoms with Gasteiger partial charge >= 0.3 is 0 Å². The van der Waals surface area contributed by atoms with Crippen LogP contribution in [0.15, 0.2) is 16.5 Å². The SMILES string of the molecule is Cc1ccc(C(CN)CC(C)C)o1. The fourth-order valence-electron chi connectivity index (χ4n) is 1.57. The van der Waals surface area contributed by atoms with E-state index in [1.165, 1.54) is 0 Å². The van der Waals surface area contributed by atoms with Gasteiger partial charge in [0.15, 0.2) is 0 Å². The molecule has 2 N–H and O–H groups in total. The third-order valence-electron chi connectivity index (χ3n) is 2.20. The Kier molecular flexibility index (Phi) is 3.55. The van der Waals surface area contributed by atoms with Gasteiger partial charge in [-0.25, -0.2) is 0 Å². The van der Waals surface area contributed by atoms with Crippen molar-refractivity contribution in [2.24, 2.45) is 11.7 Å². The lowest BCUT2D eigenvalue weighted by atomic mass is 9.95. The Morgan fingerprint density at radius 1 is 1.38 bits per heavy atom. The number of aryl methyl sites for hydroxylation is 1. The standard InChI is InChI=1S/C11H19NO/c1-8(2)6-10(7-12)11-5-4-9(3)13-11/h4-5,8,10H,6-7,12H2,1-3H3. The Morgan fingerprint density at radius 3 is 2.46 bits per heavy atom. The molecule has 2 heteroatoms. The van der Waals surface area contributed by atoms with Crippen LogP contribution in [-0.4, -0.2) is 6.54 Å². The molecular formula is C11H19NO. The molecule has 0 saturated carbocycles. The summed E-state index contributed by atoms with van der Waals surface area (Å²) in [6.07, 6.45) is 1.10. The van der Waals surface area contributed by atoms with E-state index in [0.717, 1.165) is 17.9 Å². The van der Waals surface area contributed by atoms with Crippen molar-refractivity contribution in [1.29, 1.82) is 0 Å². The molecule has 74 valence electrons. The van der Waals surface area contributed by atoms with Crippen LogP contribution in [0.1, 0.15) is 37.7 Å². The second-order valence-electron chi connectivity index (χ2n) is 4.01. The molecule has 0 amide bonds. The number of furan rings is 1. The minimum absolute atomic E-state index is 0.383. The largest absolute Gasteiger partial charge is 0.466 e. The van der Waals surface area contributed by atoms with E-state index in [9.17, 15) is 0 Å². The van der Waals surface area contributed by atoms with Crippen LogP contribution in [0, 0.1) is 12.8 Å². The quantitative estimate of drug-likeness (QED) is 0.775. The van der Waals surface area contributed by atoms with Gasteiger partial charge in [-0.2, -0.15) is 0 Å². The average Bonchev–Trinajstić information content (AvgIpc) is 2.47. The first kappa shape index (κ1) is 10.3. The van der Waals surface area contributed by atoms with Gasteiger partial charge in [-0.15, -0.1) is 0 Å². The third kappa shape index (κ3) is 2.88. The Balaban J connectivity index is 2.66. The molecule has 0 saturated heterocycles. The summed E-state index contributed by atoms with van der Waals surface area (Å²) in [5, 5.41) is 0. The van der Waals surface area contributed by atoms with E-state index in [2.05, 4.69) is 13.8 Å². The van der Waals surface area contributed by atoms with Crippen molar-refractivity contribution >= 4 is 0 Å². The maximum absolute atomic E-state index is 5.70. The normalized spacial score (nSPS) is 13.6. The highest BCUT2D eigenvalue weighted by molar-refractivity contribution is 5.10. The molecule has 13 heavy (non-hydrogen) atoms. The molecule has 1 heterocycles. The Hall–Kier alpha value is -0.760. The lowest BCUT2D eigenvalue weighted by Gasteiger charge is -2.14. The fourth-order valence-corrected chi connectivity index (χ4v) is 1.57. The van der Waals surface area contributed by atoms with Gasteiger partial charge in [0.05, 0.1) is 0 Å². The zero-order valence-corrected chi connectivity index (χ0v) is 8.71. The molecule has 0 bridgehead atoms. The topological polar surface area (TPSA) is 39.2 Å². The van der Waals surface area contributed by atoms with Crippen LogP contribution >= 0.6 is 0 Å². The van der Waals surface area contributed by atoms with E-state index in [1.54, 1.807) is 0 Å². The van der Waals surface area contributed by atoms with Gasteiger partial charge in [0.1, 0.15) is 11.5 Å². The Bertz CT molecular complexity index is 252. The van der Waals surface area contributed by atoms with Gasteiger partial charge in [0, 0.05) is 12.5 Å². The molecule has 0 radical (unpaired) electrons. The molecule has 0 spiro atoms. The second-order valence-corrected chi connectivity index (χ2v) is 4.01. The van der Waals surface area contributed by atoms with Crippen molar-refractivity contribution in [1.82, 2.24) is 0 Å². The van der Waals surface area contributed by atoms with Crippen molar-refractivity contribution in [2.45, 2.75) is 33.1 Å². The summed E-state index contributed by atoms with van der Waals surface area (Å²) < 4.78 is 5.56. The summed E-state index contributed by atoms with van der Waals surface area (Å²) in [6.45, 7) is 7.05. The Morgan fingerprint density at radius 2 is 2.08 bits per heavy atom. The third-order valence-corrected chi connectivity index (χ3v) is 2.20. The first-order valence-electron chi connectivity index (χ1n) is 4.90. The first-order chi connectivity index (χ1) is 6.13. The molecular weight excluding hydrogens is 162 g/mol. The molecule has 0 aromatic carbocycles. The highest BCUT2D eigenvalue weighted by atomic mass is 16.3. The van der Waals surface area contributed by atoms with Crippen LogP contribution in [0.3, 0.4) is 0 Å². The zero-order chi connectivity index (χ0) is 9.84. The number of hydrogen-bond acceptors (Lipinski definition) is 2. The fraction of sp³-hybridized carbons (Fsp3) is 0.636. The van der Waals surface area contributed by atoms with Crippen LogP contribution in [-0.2, 0) is 0 Å². The van der Waals surface area contributed by atoms with Crippen molar-refractivity contribution in [3.05, 3.63) is 23.7 Å². The van der Waals surface area contributed by atoms with Crippen molar-refractivity contribution < 1.29 is 4.42 Å². The molecule has 1 atom stereocenters. The van der Waals surface area contributed by atoms with Crippen molar-refractivity contribution in [3.63, 3.8) is 0 Å². The number of rotatable bonds is 4. The van der Waals surface area contributed by atoms with E-state index in [-0.39, 0.29) is 0 Å². The van der Waals surface area contributed by atoms with Crippen LogP contribution in [0.5, 0.6) is 0 Å². The summed E-state index contributed by atoms with van der Waals surface area (Å²) in [7, 11) is 0. The minimum atomic E-state index is 0.383. The second kappa shape index (κ2) is 4.47. The maximum Gasteiger partial charge on any atom is 0.108 e. The summed E-state index contributed by atoms with van der Waals surface area (Å²) in [6, 6.07) is 4.04. The first-order valence-corrected chi connectivity index (χ1v) is 4.90. The van der Waals surface area contributed by atoms with E-state index in [4.69, 9.17) is 10.2 Å². The minimum Gasteiger partial charge on any atom is -0.466 e. The summed E-state index contributed by atoms with van der Waals surface area (Å²) in [5.74, 6) is 3.05. The number of hydrogen-bond donors (Lipinski definition) is 1. The van der Waals surface area contributed by atoms with Crippen LogP contribution < -0.4 is 5.73 Å². The predicted molar refractivity (Wildman–Crippen MR) is 54.7 cm³/mol. The van der Waals surface area contributed by atoms with Crippen molar-refractivity contribution in [2.75, 3.05) is 6.54 Å². The molecule has 2 nitrogen and oxygen atoms in total. The summed E-state index contributed by atoms with van der Waals surface area (Å²) in [5.41, 5.74) is 5.70. The lowest BCUT2D eigenvalue weighted by molar-refractivity contribution is 0.402. The van der Waals surface area contributed by atoms with E-state index >= 15 is 0 Å². The molecule has 1 aromatic heterocycles. The highest BCUT2D eigenvalue weighted by Gasteiger charge is 2.14. The highest BCUT2D eigenvalue weighted by Crippen LogP contribution is 2.24. The maximum atomic E-state index is 5.70.